The number of hydrogen-bond donors (Lipinski definition) is 0. The van der Waals surface area contributed by atoms with Crippen LogP contribution in [0.5, 0.6) is 0 Å². The van der Waals surface area contributed by atoms with Gasteiger partial charge in [-0.25, -0.2) is 4.98 Å². The average molecular weight is 307 g/mol. The Morgan fingerprint density at radius 1 is 1.33 bits per heavy atom. The monoisotopic (exact) mass is 307 g/mol. The molecule has 4 rings (SSSR count). The molecule has 3 fully saturated rings. The van der Waals surface area contributed by atoms with Gasteiger partial charge in [-0.3, -0.25) is 4.90 Å². The van der Waals surface area contributed by atoms with Crippen LogP contribution in [0.2, 0.25) is 0 Å². The molecular weight excluding hydrogens is 282 g/mol. The molecule has 116 valence electrons. The maximum Gasteiger partial charge on any atom is 0.107 e. The number of aromatic nitrogens is 1. The van der Waals surface area contributed by atoms with Gasteiger partial charge in [0.2, 0.25) is 0 Å². The first kappa shape index (κ1) is 14.1. The Labute approximate surface area is 131 Å². The Hall–Kier alpha value is -0.490. The minimum Gasteiger partial charge on any atom is -0.381 e. The summed E-state index contributed by atoms with van der Waals surface area (Å²) in [5.41, 5.74) is 0. The maximum atomic E-state index is 5.79. The van der Waals surface area contributed by atoms with Crippen molar-refractivity contribution in [2.75, 3.05) is 33.3 Å². The first-order valence-corrected chi connectivity index (χ1v) is 9.09. The van der Waals surface area contributed by atoms with Crippen molar-refractivity contribution >= 4 is 11.3 Å². The molecule has 5 heteroatoms. The van der Waals surface area contributed by atoms with Crippen LogP contribution < -0.4 is 0 Å². The first-order chi connectivity index (χ1) is 10.3. The van der Waals surface area contributed by atoms with Gasteiger partial charge in [0.1, 0.15) is 5.01 Å². The lowest BCUT2D eigenvalue weighted by Crippen LogP contribution is -2.50. The number of ether oxygens (including phenoxy) is 1. The molecule has 4 nitrogen and oxygen atoms in total. The summed E-state index contributed by atoms with van der Waals surface area (Å²) >= 11 is 1.78. The number of thiazole rings is 1. The molecule has 2 saturated heterocycles. The van der Waals surface area contributed by atoms with E-state index in [9.17, 15) is 0 Å². The summed E-state index contributed by atoms with van der Waals surface area (Å²) in [7, 11) is 1.89. The highest BCUT2D eigenvalue weighted by Gasteiger charge is 2.45. The van der Waals surface area contributed by atoms with Crippen molar-refractivity contribution in [3.05, 3.63) is 16.6 Å². The molecule has 0 unspecified atom stereocenters. The highest BCUT2D eigenvalue weighted by Crippen LogP contribution is 2.36. The molecule has 21 heavy (non-hydrogen) atoms. The molecule has 1 aromatic heterocycles. The SMILES string of the molecule is CO[C@@H]1CCN(Cc2nccs2)[C@H]2CN(CC3CC3)C[C@@H]12. The third-order valence-corrected chi connectivity index (χ3v) is 6.16. The van der Waals surface area contributed by atoms with Crippen LogP contribution in [0.25, 0.3) is 0 Å². The zero-order chi connectivity index (χ0) is 14.2. The van der Waals surface area contributed by atoms with Crippen molar-refractivity contribution in [2.45, 2.75) is 38.0 Å². The van der Waals surface area contributed by atoms with E-state index in [4.69, 9.17) is 4.74 Å². The fourth-order valence-corrected chi connectivity index (χ4v) is 4.77. The molecule has 3 aliphatic rings. The molecule has 0 N–H and O–H groups in total. The van der Waals surface area contributed by atoms with Gasteiger partial charge >= 0.3 is 0 Å². The Kier molecular flexibility index (Phi) is 4.00. The molecule has 0 aromatic carbocycles. The van der Waals surface area contributed by atoms with Crippen molar-refractivity contribution in [2.24, 2.45) is 11.8 Å². The topological polar surface area (TPSA) is 28.6 Å². The van der Waals surface area contributed by atoms with Crippen molar-refractivity contribution < 1.29 is 4.74 Å². The van der Waals surface area contributed by atoms with E-state index < -0.39 is 0 Å². The fraction of sp³-hybridized carbons (Fsp3) is 0.812. The van der Waals surface area contributed by atoms with E-state index in [1.807, 2.05) is 13.3 Å². The van der Waals surface area contributed by atoms with Gasteiger partial charge in [0.15, 0.2) is 0 Å². The molecule has 0 spiro atoms. The second-order valence-corrected chi connectivity index (χ2v) is 7.83. The van der Waals surface area contributed by atoms with Gasteiger partial charge in [-0.2, -0.15) is 0 Å². The average Bonchev–Trinajstić information content (AvgIpc) is 2.99. The second-order valence-electron chi connectivity index (χ2n) is 6.85. The summed E-state index contributed by atoms with van der Waals surface area (Å²) in [5.74, 6) is 1.67. The lowest BCUT2D eigenvalue weighted by molar-refractivity contribution is -0.0245. The zero-order valence-electron chi connectivity index (χ0n) is 12.8. The molecule has 3 atom stereocenters. The summed E-state index contributed by atoms with van der Waals surface area (Å²) in [6, 6.07) is 0.659. The van der Waals surface area contributed by atoms with Crippen molar-refractivity contribution in [1.82, 2.24) is 14.8 Å². The lowest BCUT2D eigenvalue weighted by atomic mass is 9.89. The molecule has 0 bridgehead atoms. The molecular formula is C16H25N3OS. The number of rotatable bonds is 5. The highest BCUT2D eigenvalue weighted by atomic mass is 32.1. The molecule has 0 radical (unpaired) electrons. The number of hydrogen-bond acceptors (Lipinski definition) is 5. The third kappa shape index (κ3) is 3.02. The minimum atomic E-state index is 0.451. The number of methoxy groups -OCH3 is 1. The van der Waals surface area contributed by atoms with Crippen LogP contribution in [0.4, 0.5) is 0 Å². The standard InChI is InChI=1S/C16H25N3OS/c1-20-15-4-6-19(11-16-17-5-7-21-16)14-10-18(9-13(14)15)8-12-2-3-12/h5,7,12-15H,2-4,6,8-11H2,1H3/t13-,14+,15-/m1/s1. The lowest BCUT2D eigenvalue weighted by Gasteiger charge is -2.40. The summed E-state index contributed by atoms with van der Waals surface area (Å²) in [5, 5.41) is 3.34. The molecule has 1 aliphatic carbocycles. The van der Waals surface area contributed by atoms with Gasteiger partial charge in [-0.1, -0.05) is 0 Å². The predicted molar refractivity (Wildman–Crippen MR) is 84.4 cm³/mol. The van der Waals surface area contributed by atoms with Crippen LogP contribution in [0.1, 0.15) is 24.3 Å². The van der Waals surface area contributed by atoms with Gasteiger partial charge < -0.3 is 9.64 Å². The van der Waals surface area contributed by atoms with Crippen LogP contribution in [0.15, 0.2) is 11.6 Å². The van der Waals surface area contributed by atoms with E-state index in [2.05, 4.69) is 20.2 Å². The summed E-state index contributed by atoms with van der Waals surface area (Å²) in [6.45, 7) is 5.94. The van der Waals surface area contributed by atoms with Crippen LogP contribution in [-0.4, -0.2) is 60.2 Å². The number of piperidine rings is 1. The van der Waals surface area contributed by atoms with Gasteiger partial charge in [0.25, 0.3) is 0 Å². The van der Waals surface area contributed by atoms with Crippen LogP contribution in [-0.2, 0) is 11.3 Å². The molecule has 1 aromatic rings. The van der Waals surface area contributed by atoms with Crippen LogP contribution in [0.3, 0.4) is 0 Å². The second kappa shape index (κ2) is 5.95. The van der Waals surface area contributed by atoms with Crippen molar-refractivity contribution in [1.29, 1.82) is 0 Å². The summed E-state index contributed by atoms with van der Waals surface area (Å²) in [4.78, 5) is 9.83. The van der Waals surface area contributed by atoms with Gasteiger partial charge in [-0.05, 0) is 25.2 Å². The normalized spacial score (nSPS) is 34.2. The number of fused-ring (bicyclic) bond motifs is 1. The number of likely N-dealkylation sites (tertiary alicyclic amines) is 2. The van der Waals surface area contributed by atoms with E-state index in [-0.39, 0.29) is 0 Å². The first-order valence-electron chi connectivity index (χ1n) is 8.21. The molecule has 0 amide bonds. The molecule has 1 saturated carbocycles. The van der Waals surface area contributed by atoms with E-state index in [0.29, 0.717) is 18.1 Å². The van der Waals surface area contributed by atoms with Gasteiger partial charge in [-0.15, -0.1) is 11.3 Å². The van der Waals surface area contributed by atoms with Crippen LogP contribution >= 0.6 is 11.3 Å². The quantitative estimate of drug-likeness (QED) is 0.833. The Morgan fingerprint density at radius 2 is 2.24 bits per heavy atom. The molecule has 3 heterocycles. The Morgan fingerprint density at radius 3 is 2.95 bits per heavy atom. The molecule has 2 aliphatic heterocycles. The van der Waals surface area contributed by atoms with E-state index >= 15 is 0 Å². The minimum absolute atomic E-state index is 0.451. The predicted octanol–water partition coefficient (Wildman–Crippen LogP) is 2.07. The summed E-state index contributed by atoms with van der Waals surface area (Å²) < 4.78 is 5.79. The number of nitrogens with zero attached hydrogens (tertiary/aromatic N) is 3. The Balaban J connectivity index is 1.45. The third-order valence-electron chi connectivity index (χ3n) is 5.39. The Bertz CT molecular complexity index is 462. The largest absolute Gasteiger partial charge is 0.381 e. The van der Waals surface area contributed by atoms with E-state index in [0.717, 1.165) is 19.0 Å². The van der Waals surface area contributed by atoms with Crippen molar-refractivity contribution in [3.8, 4) is 0 Å². The van der Waals surface area contributed by atoms with E-state index in [1.54, 1.807) is 11.3 Å². The van der Waals surface area contributed by atoms with Gasteiger partial charge in [0.05, 0.1) is 12.6 Å². The highest BCUT2D eigenvalue weighted by molar-refractivity contribution is 7.09. The van der Waals surface area contributed by atoms with Crippen molar-refractivity contribution in [3.63, 3.8) is 0 Å². The fourth-order valence-electron chi connectivity index (χ4n) is 4.13. The maximum absolute atomic E-state index is 5.79. The zero-order valence-corrected chi connectivity index (χ0v) is 13.6. The summed E-state index contributed by atoms with van der Waals surface area (Å²) in [6.07, 6.45) is 6.44. The smallest absolute Gasteiger partial charge is 0.107 e. The van der Waals surface area contributed by atoms with E-state index in [1.165, 1.54) is 43.9 Å². The van der Waals surface area contributed by atoms with Gasteiger partial charge in [0, 0.05) is 56.8 Å². The van der Waals surface area contributed by atoms with Crippen LogP contribution in [0, 0.1) is 11.8 Å².